The molecular weight excluding hydrogens is 292 g/mol. The number of amides is 1. The molecule has 1 aromatic carbocycles. The number of hydrogen-bond donors (Lipinski definition) is 2. The van der Waals surface area contributed by atoms with Gasteiger partial charge in [0.25, 0.3) is 5.91 Å². The van der Waals surface area contributed by atoms with E-state index in [1.807, 2.05) is 24.3 Å². The highest BCUT2D eigenvalue weighted by molar-refractivity contribution is 6.03. The molecule has 0 spiro atoms. The van der Waals surface area contributed by atoms with Crippen LogP contribution in [0.2, 0.25) is 0 Å². The van der Waals surface area contributed by atoms with Crippen LogP contribution in [-0.4, -0.2) is 36.1 Å². The van der Waals surface area contributed by atoms with Crippen molar-refractivity contribution in [1.29, 1.82) is 0 Å². The quantitative estimate of drug-likeness (QED) is 0.768. The summed E-state index contributed by atoms with van der Waals surface area (Å²) in [6.45, 7) is 5.00. The van der Waals surface area contributed by atoms with Crippen LogP contribution in [0.4, 0.5) is 11.5 Å². The van der Waals surface area contributed by atoms with Crippen molar-refractivity contribution in [2.75, 3.05) is 30.9 Å². The number of carbonyl (C=O) groups excluding carboxylic acids is 1. The zero-order valence-electron chi connectivity index (χ0n) is 13.7. The van der Waals surface area contributed by atoms with E-state index in [0.717, 1.165) is 17.7 Å². The van der Waals surface area contributed by atoms with E-state index < -0.39 is 0 Å². The predicted octanol–water partition coefficient (Wildman–Crippen LogP) is 2.66. The Bertz CT molecular complexity index is 673. The summed E-state index contributed by atoms with van der Waals surface area (Å²) in [4.78, 5) is 21.0. The number of nitrogens with zero attached hydrogens (tertiary/aromatic N) is 2. The zero-order valence-corrected chi connectivity index (χ0v) is 13.7. The molecule has 0 radical (unpaired) electrons. The minimum absolute atomic E-state index is 0.244. The summed E-state index contributed by atoms with van der Waals surface area (Å²) < 4.78 is 4.99. The molecule has 23 heavy (non-hydrogen) atoms. The van der Waals surface area contributed by atoms with Gasteiger partial charge < -0.3 is 15.4 Å². The number of anilines is 2. The highest BCUT2D eigenvalue weighted by Gasteiger charge is 2.12. The Hall–Kier alpha value is -2.47. The molecule has 2 rings (SSSR count). The SMILES string of the molecule is CCc1ccccc1NC(=O)c1cc(NCCOC)nc(C)n1. The molecule has 2 N–H and O–H groups in total. The Morgan fingerprint density at radius 3 is 2.78 bits per heavy atom. The van der Waals surface area contributed by atoms with Crippen molar-refractivity contribution in [2.45, 2.75) is 20.3 Å². The van der Waals surface area contributed by atoms with Gasteiger partial charge in [0, 0.05) is 25.4 Å². The maximum atomic E-state index is 12.5. The number of ether oxygens (including phenoxy) is 1. The molecule has 0 aliphatic heterocycles. The van der Waals surface area contributed by atoms with Crippen LogP contribution in [0.1, 0.15) is 28.8 Å². The molecule has 0 aliphatic carbocycles. The third kappa shape index (κ3) is 4.75. The second-order valence-electron chi connectivity index (χ2n) is 5.07. The number of methoxy groups -OCH3 is 1. The molecule has 6 nitrogen and oxygen atoms in total. The van der Waals surface area contributed by atoms with Gasteiger partial charge in [0.1, 0.15) is 17.3 Å². The Morgan fingerprint density at radius 1 is 1.26 bits per heavy atom. The van der Waals surface area contributed by atoms with Gasteiger partial charge in [-0.2, -0.15) is 0 Å². The standard InChI is InChI=1S/C17H22N4O2/c1-4-13-7-5-6-8-14(13)21-17(22)15-11-16(18-9-10-23-3)20-12(2)19-15/h5-8,11H,4,9-10H2,1-3H3,(H,21,22)(H,18,19,20). The maximum Gasteiger partial charge on any atom is 0.274 e. The van der Waals surface area contributed by atoms with Crippen molar-refractivity contribution < 1.29 is 9.53 Å². The van der Waals surface area contributed by atoms with Gasteiger partial charge in [0.15, 0.2) is 0 Å². The lowest BCUT2D eigenvalue weighted by molar-refractivity contribution is 0.102. The van der Waals surface area contributed by atoms with Crippen molar-refractivity contribution in [3.8, 4) is 0 Å². The normalized spacial score (nSPS) is 10.4. The molecule has 1 heterocycles. The van der Waals surface area contributed by atoms with Crippen molar-refractivity contribution in [1.82, 2.24) is 9.97 Å². The van der Waals surface area contributed by atoms with E-state index in [1.165, 1.54) is 0 Å². The average Bonchev–Trinajstić information content (AvgIpc) is 2.55. The average molecular weight is 314 g/mol. The number of hydrogen-bond acceptors (Lipinski definition) is 5. The molecule has 0 saturated heterocycles. The summed E-state index contributed by atoms with van der Waals surface area (Å²) >= 11 is 0. The number of benzene rings is 1. The Morgan fingerprint density at radius 2 is 2.04 bits per heavy atom. The minimum Gasteiger partial charge on any atom is -0.383 e. The fourth-order valence-electron chi connectivity index (χ4n) is 2.19. The Labute approximate surface area is 136 Å². The number of rotatable bonds is 7. The third-order valence-electron chi connectivity index (χ3n) is 3.33. The number of nitrogens with one attached hydrogen (secondary N) is 2. The van der Waals surface area contributed by atoms with E-state index in [0.29, 0.717) is 30.5 Å². The lowest BCUT2D eigenvalue weighted by atomic mass is 10.1. The second-order valence-corrected chi connectivity index (χ2v) is 5.07. The summed E-state index contributed by atoms with van der Waals surface area (Å²) in [7, 11) is 1.64. The molecule has 0 unspecified atom stereocenters. The van der Waals surface area contributed by atoms with Gasteiger partial charge in [-0.3, -0.25) is 4.79 Å². The maximum absolute atomic E-state index is 12.5. The lowest BCUT2D eigenvalue weighted by Crippen LogP contribution is -2.17. The predicted molar refractivity (Wildman–Crippen MR) is 90.9 cm³/mol. The van der Waals surface area contributed by atoms with Gasteiger partial charge in [-0.25, -0.2) is 9.97 Å². The smallest absolute Gasteiger partial charge is 0.274 e. The zero-order chi connectivity index (χ0) is 16.7. The first kappa shape index (κ1) is 16.9. The molecule has 2 aromatic rings. The van der Waals surface area contributed by atoms with Gasteiger partial charge in [-0.1, -0.05) is 25.1 Å². The summed E-state index contributed by atoms with van der Waals surface area (Å²) in [5, 5.41) is 6.03. The summed E-state index contributed by atoms with van der Waals surface area (Å²) in [6, 6.07) is 9.40. The van der Waals surface area contributed by atoms with Crippen molar-refractivity contribution in [2.24, 2.45) is 0 Å². The van der Waals surface area contributed by atoms with Crippen LogP contribution >= 0.6 is 0 Å². The van der Waals surface area contributed by atoms with E-state index in [1.54, 1.807) is 20.1 Å². The summed E-state index contributed by atoms with van der Waals surface area (Å²) in [5.41, 5.74) is 2.23. The van der Waals surface area contributed by atoms with Crippen molar-refractivity contribution in [3.05, 3.63) is 47.4 Å². The van der Waals surface area contributed by atoms with E-state index in [4.69, 9.17) is 4.74 Å². The van der Waals surface area contributed by atoms with Gasteiger partial charge in [0.2, 0.25) is 0 Å². The molecule has 0 fully saturated rings. The van der Waals surface area contributed by atoms with E-state index in [2.05, 4.69) is 27.5 Å². The highest BCUT2D eigenvalue weighted by atomic mass is 16.5. The monoisotopic (exact) mass is 314 g/mol. The van der Waals surface area contributed by atoms with Crippen LogP contribution in [0, 0.1) is 6.92 Å². The Kier molecular flexibility index (Phi) is 6.05. The van der Waals surface area contributed by atoms with Crippen LogP contribution in [0.3, 0.4) is 0 Å². The number of para-hydroxylation sites is 1. The molecule has 1 amide bonds. The van der Waals surface area contributed by atoms with Gasteiger partial charge >= 0.3 is 0 Å². The molecule has 0 aliphatic rings. The Balaban J connectivity index is 2.15. The van der Waals surface area contributed by atoms with Crippen molar-refractivity contribution in [3.63, 3.8) is 0 Å². The molecule has 6 heteroatoms. The first-order chi connectivity index (χ1) is 11.1. The first-order valence-electron chi connectivity index (χ1n) is 7.61. The van der Waals surface area contributed by atoms with E-state index in [9.17, 15) is 4.79 Å². The third-order valence-corrected chi connectivity index (χ3v) is 3.33. The largest absolute Gasteiger partial charge is 0.383 e. The topological polar surface area (TPSA) is 76.1 Å². The number of aromatic nitrogens is 2. The van der Waals surface area contributed by atoms with Crippen LogP contribution in [0.5, 0.6) is 0 Å². The number of carbonyl (C=O) groups is 1. The summed E-state index contributed by atoms with van der Waals surface area (Å²) in [6.07, 6.45) is 0.850. The summed E-state index contributed by atoms with van der Waals surface area (Å²) in [5.74, 6) is 0.913. The molecule has 0 saturated carbocycles. The van der Waals surface area contributed by atoms with Crippen LogP contribution in [-0.2, 0) is 11.2 Å². The second kappa shape index (κ2) is 8.24. The van der Waals surface area contributed by atoms with E-state index in [-0.39, 0.29) is 5.91 Å². The van der Waals surface area contributed by atoms with Gasteiger partial charge in [-0.05, 0) is 25.0 Å². The minimum atomic E-state index is -0.244. The van der Waals surface area contributed by atoms with Gasteiger partial charge in [0.05, 0.1) is 6.61 Å². The van der Waals surface area contributed by atoms with Crippen LogP contribution in [0.15, 0.2) is 30.3 Å². The molecule has 122 valence electrons. The number of aryl methyl sites for hydroxylation is 2. The highest BCUT2D eigenvalue weighted by Crippen LogP contribution is 2.17. The van der Waals surface area contributed by atoms with Crippen LogP contribution in [0.25, 0.3) is 0 Å². The fraction of sp³-hybridized carbons (Fsp3) is 0.353. The fourth-order valence-corrected chi connectivity index (χ4v) is 2.19. The van der Waals surface area contributed by atoms with E-state index >= 15 is 0 Å². The lowest BCUT2D eigenvalue weighted by Gasteiger charge is -2.11. The van der Waals surface area contributed by atoms with Crippen molar-refractivity contribution >= 4 is 17.4 Å². The van der Waals surface area contributed by atoms with Crippen LogP contribution < -0.4 is 10.6 Å². The van der Waals surface area contributed by atoms with Gasteiger partial charge in [-0.15, -0.1) is 0 Å². The first-order valence-corrected chi connectivity index (χ1v) is 7.61. The molecule has 0 bridgehead atoms. The molecule has 1 aromatic heterocycles. The molecular formula is C17H22N4O2. The molecule has 0 atom stereocenters.